The largest absolute Gasteiger partial charge is 0.496 e. The first-order valence-corrected chi connectivity index (χ1v) is 6.26. The molecule has 1 aromatic heterocycles. The first-order valence-electron chi connectivity index (χ1n) is 6.26. The molecule has 100 valence electrons. The Kier molecular flexibility index (Phi) is 2.76. The van der Waals surface area contributed by atoms with Crippen LogP contribution in [0.25, 0.3) is 21.8 Å². The summed E-state index contributed by atoms with van der Waals surface area (Å²) in [5.74, 6) is 1.41. The van der Waals surface area contributed by atoms with E-state index in [1.807, 2.05) is 25.1 Å². The standard InChI is InChI=1S/C16H14N2O2/c1-9-6-11-10-4-5-14(19-2)12(8-17)16(10)18-13(11)7-15(9)20-3/h4-7,18H,1-3H3. The van der Waals surface area contributed by atoms with Crippen LogP contribution in [0, 0.1) is 18.3 Å². The van der Waals surface area contributed by atoms with E-state index in [4.69, 9.17) is 9.47 Å². The highest BCUT2D eigenvalue weighted by Crippen LogP contribution is 2.35. The van der Waals surface area contributed by atoms with E-state index in [1.54, 1.807) is 14.2 Å². The zero-order valence-electron chi connectivity index (χ0n) is 11.6. The summed E-state index contributed by atoms with van der Waals surface area (Å²) >= 11 is 0. The molecule has 0 amide bonds. The smallest absolute Gasteiger partial charge is 0.138 e. The summed E-state index contributed by atoms with van der Waals surface area (Å²) in [6.45, 7) is 2.01. The van der Waals surface area contributed by atoms with Gasteiger partial charge in [0.2, 0.25) is 0 Å². The van der Waals surface area contributed by atoms with Crippen LogP contribution < -0.4 is 9.47 Å². The summed E-state index contributed by atoms with van der Waals surface area (Å²) < 4.78 is 10.6. The Morgan fingerprint density at radius 3 is 2.45 bits per heavy atom. The summed E-state index contributed by atoms with van der Waals surface area (Å²) in [5, 5.41) is 11.5. The van der Waals surface area contributed by atoms with Gasteiger partial charge < -0.3 is 14.5 Å². The molecule has 0 saturated heterocycles. The van der Waals surface area contributed by atoms with Crippen LogP contribution in [-0.2, 0) is 0 Å². The van der Waals surface area contributed by atoms with E-state index in [-0.39, 0.29) is 0 Å². The van der Waals surface area contributed by atoms with E-state index in [0.29, 0.717) is 11.3 Å². The minimum absolute atomic E-state index is 0.526. The Hall–Kier alpha value is -2.67. The van der Waals surface area contributed by atoms with Crippen molar-refractivity contribution in [2.45, 2.75) is 6.92 Å². The van der Waals surface area contributed by atoms with Crippen molar-refractivity contribution in [1.82, 2.24) is 4.98 Å². The number of nitriles is 1. The van der Waals surface area contributed by atoms with Gasteiger partial charge in [-0.1, -0.05) is 0 Å². The van der Waals surface area contributed by atoms with Crippen LogP contribution in [0.3, 0.4) is 0 Å². The van der Waals surface area contributed by atoms with Crippen LogP contribution in [0.4, 0.5) is 0 Å². The van der Waals surface area contributed by atoms with E-state index in [2.05, 4.69) is 17.1 Å². The Bertz CT molecular complexity index is 856. The third-order valence-corrected chi connectivity index (χ3v) is 3.58. The van der Waals surface area contributed by atoms with Crippen LogP contribution >= 0.6 is 0 Å². The molecule has 0 aliphatic carbocycles. The lowest BCUT2D eigenvalue weighted by atomic mass is 10.1. The number of aromatic nitrogens is 1. The van der Waals surface area contributed by atoms with Crippen molar-refractivity contribution in [3.63, 3.8) is 0 Å². The first-order chi connectivity index (χ1) is 9.69. The molecule has 0 bridgehead atoms. The number of nitrogens with one attached hydrogen (secondary N) is 1. The third kappa shape index (κ3) is 1.60. The molecule has 20 heavy (non-hydrogen) atoms. The zero-order chi connectivity index (χ0) is 14.3. The quantitative estimate of drug-likeness (QED) is 0.772. The molecule has 4 nitrogen and oxygen atoms in total. The molecule has 3 rings (SSSR count). The zero-order valence-corrected chi connectivity index (χ0v) is 11.6. The number of nitrogens with zero attached hydrogens (tertiary/aromatic N) is 1. The van der Waals surface area contributed by atoms with Crippen LogP contribution in [0.5, 0.6) is 11.5 Å². The fraction of sp³-hybridized carbons (Fsp3) is 0.188. The van der Waals surface area contributed by atoms with Gasteiger partial charge in [0, 0.05) is 16.8 Å². The van der Waals surface area contributed by atoms with Crippen molar-refractivity contribution in [3.05, 3.63) is 35.4 Å². The highest BCUT2D eigenvalue weighted by Gasteiger charge is 2.14. The van der Waals surface area contributed by atoms with Crippen molar-refractivity contribution in [2.75, 3.05) is 14.2 Å². The monoisotopic (exact) mass is 266 g/mol. The lowest BCUT2D eigenvalue weighted by molar-refractivity contribution is 0.412. The number of rotatable bonds is 2. The minimum Gasteiger partial charge on any atom is -0.496 e. The number of aryl methyl sites for hydroxylation is 1. The maximum absolute atomic E-state index is 9.35. The summed E-state index contributed by atoms with van der Waals surface area (Å²) in [5.41, 5.74) is 3.34. The van der Waals surface area contributed by atoms with Crippen molar-refractivity contribution < 1.29 is 9.47 Å². The molecule has 2 aromatic carbocycles. The average molecular weight is 266 g/mol. The number of hydrogen-bond donors (Lipinski definition) is 1. The minimum atomic E-state index is 0.526. The van der Waals surface area contributed by atoms with Gasteiger partial charge in [0.05, 0.1) is 25.3 Å². The molecule has 0 aliphatic rings. The lowest BCUT2D eigenvalue weighted by Crippen LogP contribution is -1.88. The second kappa shape index (κ2) is 4.46. The van der Waals surface area contributed by atoms with Crippen molar-refractivity contribution in [3.8, 4) is 17.6 Å². The van der Waals surface area contributed by atoms with Gasteiger partial charge in [-0.3, -0.25) is 0 Å². The third-order valence-electron chi connectivity index (χ3n) is 3.58. The molecule has 0 aliphatic heterocycles. The van der Waals surface area contributed by atoms with Gasteiger partial charge in [-0.25, -0.2) is 0 Å². The van der Waals surface area contributed by atoms with E-state index < -0.39 is 0 Å². The number of fused-ring (bicyclic) bond motifs is 3. The van der Waals surface area contributed by atoms with Crippen molar-refractivity contribution in [1.29, 1.82) is 5.26 Å². The van der Waals surface area contributed by atoms with Crippen molar-refractivity contribution >= 4 is 21.8 Å². The topological polar surface area (TPSA) is 58.0 Å². The maximum Gasteiger partial charge on any atom is 0.138 e. The molecule has 1 heterocycles. The summed E-state index contributed by atoms with van der Waals surface area (Å²) in [4.78, 5) is 3.29. The van der Waals surface area contributed by atoms with Crippen LogP contribution in [0.15, 0.2) is 24.3 Å². The predicted octanol–water partition coefficient (Wildman–Crippen LogP) is 3.52. The number of aromatic amines is 1. The van der Waals surface area contributed by atoms with Crippen LogP contribution in [-0.4, -0.2) is 19.2 Å². The van der Waals surface area contributed by atoms with Gasteiger partial charge in [0.25, 0.3) is 0 Å². The number of ether oxygens (including phenoxy) is 2. The number of methoxy groups -OCH3 is 2. The summed E-state index contributed by atoms with van der Waals surface area (Å²) in [7, 11) is 3.22. The molecule has 0 radical (unpaired) electrons. The second-order valence-corrected chi connectivity index (χ2v) is 4.67. The Labute approximate surface area is 116 Å². The highest BCUT2D eigenvalue weighted by molar-refractivity contribution is 6.10. The predicted molar refractivity (Wildman–Crippen MR) is 78.4 cm³/mol. The molecule has 4 heteroatoms. The second-order valence-electron chi connectivity index (χ2n) is 4.67. The van der Waals surface area contributed by atoms with E-state index in [1.165, 1.54) is 0 Å². The maximum atomic E-state index is 9.35. The fourth-order valence-corrected chi connectivity index (χ4v) is 2.59. The van der Waals surface area contributed by atoms with Gasteiger partial charge in [-0.2, -0.15) is 5.26 Å². The van der Waals surface area contributed by atoms with E-state index >= 15 is 0 Å². The molecule has 3 aromatic rings. The van der Waals surface area contributed by atoms with E-state index in [9.17, 15) is 5.26 Å². The normalized spacial score (nSPS) is 10.7. The van der Waals surface area contributed by atoms with Gasteiger partial charge in [-0.05, 0) is 30.7 Å². The summed E-state index contributed by atoms with van der Waals surface area (Å²) in [6.07, 6.45) is 0. The highest BCUT2D eigenvalue weighted by atomic mass is 16.5. The Balaban J connectivity index is 2.45. The van der Waals surface area contributed by atoms with Gasteiger partial charge >= 0.3 is 0 Å². The number of hydrogen-bond acceptors (Lipinski definition) is 3. The molecular weight excluding hydrogens is 252 g/mol. The Morgan fingerprint density at radius 1 is 1.05 bits per heavy atom. The van der Waals surface area contributed by atoms with Crippen LogP contribution in [0.2, 0.25) is 0 Å². The molecule has 0 fully saturated rings. The molecular formula is C16H14N2O2. The van der Waals surface area contributed by atoms with Gasteiger partial charge in [0.1, 0.15) is 23.1 Å². The Morgan fingerprint density at radius 2 is 1.80 bits per heavy atom. The SMILES string of the molecule is COc1cc2[nH]c3c(C#N)c(OC)ccc3c2cc1C. The lowest BCUT2D eigenvalue weighted by Gasteiger charge is -2.04. The van der Waals surface area contributed by atoms with Crippen molar-refractivity contribution in [2.24, 2.45) is 0 Å². The van der Waals surface area contributed by atoms with Gasteiger partial charge in [0.15, 0.2) is 0 Å². The molecule has 0 saturated carbocycles. The fourth-order valence-electron chi connectivity index (χ4n) is 2.59. The summed E-state index contributed by atoms with van der Waals surface area (Å²) in [6, 6.07) is 10.0. The molecule has 0 unspecified atom stereocenters. The molecule has 0 atom stereocenters. The first kappa shape index (κ1) is 12.4. The number of benzene rings is 2. The van der Waals surface area contributed by atoms with Gasteiger partial charge in [-0.15, -0.1) is 0 Å². The number of H-pyrrole nitrogens is 1. The molecule has 1 N–H and O–H groups in total. The average Bonchev–Trinajstić information content (AvgIpc) is 2.82. The molecule has 0 spiro atoms. The van der Waals surface area contributed by atoms with Crippen LogP contribution in [0.1, 0.15) is 11.1 Å². The van der Waals surface area contributed by atoms with E-state index in [0.717, 1.165) is 33.1 Å².